The Balaban J connectivity index is 1.41. The Kier molecular flexibility index (Phi) is 10.5. The van der Waals surface area contributed by atoms with Crippen LogP contribution in [0.3, 0.4) is 0 Å². The van der Waals surface area contributed by atoms with Gasteiger partial charge in [-0.3, -0.25) is 13.9 Å². The van der Waals surface area contributed by atoms with Crippen molar-refractivity contribution in [2.45, 2.75) is 55.6 Å². The molecule has 1 atom stereocenters. The maximum absolute atomic E-state index is 14.7. The van der Waals surface area contributed by atoms with Crippen molar-refractivity contribution < 1.29 is 27.5 Å². The van der Waals surface area contributed by atoms with E-state index in [2.05, 4.69) is 5.32 Å². The van der Waals surface area contributed by atoms with Gasteiger partial charge >= 0.3 is 0 Å². The van der Waals surface area contributed by atoms with Crippen LogP contribution in [0.4, 0.5) is 5.69 Å². The molecule has 4 aromatic rings. The number of halogens is 1. The highest BCUT2D eigenvalue weighted by Gasteiger charge is 2.36. The highest BCUT2D eigenvalue weighted by molar-refractivity contribution is 7.92. The van der Waals surface area contributed by atoms with Gasteiger partial charge < -0.3 is 19.7 Å². The second-order valence-electron chi connectivity index (χ2n) is 12.0. The molecule has 1 aliphatic heterocycles. The summed E-state index contributed by atoms with van der Waals surface area (Å²) in [5.41, 5.74) is 1.72. The zero-order valence-electron chi connectivity index (χ0n) is 26.5. The first-order valence-corrected chi connectivity index (χ1v) is 18.0. The molecule has 0 radical (unpaired) electrons. The molecular weight excluding hydrogens is 650 g/mol. The molecule has 4 aromatic carbocycles. The van der Waals surface area contributed by atoms with Gasteiger partial charge in [-0.15, -0.1) is 0 Å². The lowest BCUT2D eigenvalue weighted by molar-refractivity contribution is -0.140. The van der Waals surface area contributed by atoms with Gasteiger partial charge in [-0.05, 0) is 54.3 Å². The second kappa shape index (κ2) is 15.1. The number of carbonyl (C=O) groups is 2. The molecule has 48 heavy (non-hydrogen) atoms. The van der Waals surface area contributed by atoms with Crippen LogP contribution in [0.2, 0.25) is 5.02 Å². The van der Waals surface area contributed by atoms with Gasteiger partial charge in [-0.25, -0.2) is 8.42 Å². The molecule has 1 saturated carbocycles. The summed E-state index contributed by atoms with van der Waals surface area (Å²) in [6.45, 7) is 0.0983. The van der Waals surface area contributed by atoms with E-state index in [0.29, 0.717) is 35.3 Å². The van der Waals surface area contributed by atoms with Crippen molar-refractivity contribution in [3.8, 4) is 11.5 Å². The van der Waals surface area contributed by atoms with Crippen LogP contribution in [0, 0.1) is 0 Å². The minimum atomic E-state index is -4.25. The fraction of sp³-hybridized carbons (Fsp3) is 0.297. The van der Waals surface area contributed by atoms with Gasteiger partial charge in [0.25, 0.3) is 10.0 Å². The largest absolute Gasteiger partial charge is 0.486 e. The lowest BCUT2D eigenvalue weighted by Gasteiger charge is -2.34. The third kappa shape index (κ3) is 7.77. The smallest absolute Gasteiger partial charge is 0.264 e. The Bertz CT molecular complexity index is 1830. The lowest BCUT2D eigenvalue weighted by atomic mass is 10.0. The number of hydrogen-bond donors (Lipinski definition) is 1. The molecule has 0 bridgehead atoms. The first kappa shape index (κ1) is 33.4. The number of hydrogen-bond acceptors (Lipinski definition) is 6. The van der Waals surface area contributed by atoms with Crippen LogP contribution in [-0.4, -0.2) is 57.0 Å². The van der Waals surface area contributed by atoms with Crippen LogP contribution < -0.4 is 19.1 Å². The van der Waals surface area contributed by atoms with Crippen molar-refractivity contribution in [3.63, 3.8) is 0 Å². The summed E-state index contributed by atoms with van der Waals surface area (Å²) in [6.07, 6.45) is 4.02. The molecule has 0 saturated heterocycles. The van der Waals surface area contributed by atoms with Crippen molar-refractivity contribution in [3.05, 3.63) is 119 Å². The minimum absolute atomic E-state index is 0.00550. The van der Waals surface area contributed by atoms with E-state index in [4.69, 9.17) is 21.1 Å². The van der Waals surface area contributed by atoms with Crippen molar-refractivity contribution in [2.24, 2.45) is 0 Å². The zero-order chi connectivity index (χ0) is 33.5. The summed E-state index contributed by atoms with van der Waals surface area (Å²) in [5, 5.41) is 3.62. The number of nitrogens with zero attached hydrogens (tertiary/aromatic N) is 2. The Morgan fingerprint density at radius 3 is 2.19 bits per heavy atom. The number of anilines is 1. The summed E-state index contributed by atoms with van der Waals surface area (Å²) < 4.78 is 41.1. The number of carbonyl (C=O) groups excluding carboxylic acids is 2. The molecule has 250 valence electrons. The predicted octanol–water partition coefficient (Wildman–Crippen LogP) is 6.01. The quantitative estimate of drug-likeness (QED) is 0.196. The summed E-state index contributed by atoms with van der Waals surface area (Å²) in [4.78, 5) is 30.4. The van der Waals surface area contributed by atoms with E-state index < -0.39 is 28.5 Å². The van der Waals surface area contributed by atoms with E-state index in [0.717, 1.165) is 35.6 Å². The third-order valence-corrected chi connectivity index (χ3v) is 10.9. The summed E-state index contributed by atoms with van der Waals surface area (Å²) >= 11 is 6.61. The van der Waals surface area contributed by atoms with Crippen LogP contribution in [0.1, 0.15) is 36.8 Å². The van der Waals surface area contributed by atoms with Crippen LogP contribution >= 0.6 is 11.6 Å². The van der Waals surface area contributed by atoms with E-state index in [1.165, 1.54) is 17.0 Å². The summed E-state index contributed by atoms with van der Waals surface area (Å²) in [5.74, 6) is 0.0142. The maximum Gasteiger partial charge on any atom is 0.264 e. The molecule has 1 fully saturated rings. The fourth-order valence-corrected chi connectivity index (χ4v) is 7.79. The molecule has 6 rings (SSSR count). The van der Waals surface area contributed by atoms with Crippen LogP contribution in [0.25, 0.3) is 0 Å². The Hall–Kier alpha value is -4.54. The number of amides is 2. The average molecular weight is 688 g/mol. The Labute approximate surface area is 286 Å². The normalized spacial score (nSPS) is 15.0. The average Bonchev–Trinajstić information content (AvgIpc) is 3.63. The highest BCUT2D eigenvalue weighted by atomic mass is 35.5. The molecule has 1 heterocycles. The number of fused-ring (bicyclic) bond motifs is 1. The number of rotatable bonds is 12. The molecule has 0 unspecified atom stereocenters. The standard InChI is InChI=1S/C37H38ClN3O6S/c38-32-18-10-7-13-28(32)25-40(33(23-27-11-3-1-4-12-27)37(43)39-29-14-8-9-15-29)36(42)26-41(48(44,45)31-16-5-2-6-17-31)30-19-20-34-35(24-30)47-22-21-46-34/h1-7,10-13,16-20,24,29,33H,8-9,14-15,21-23,25-26H2,(H,39,43)/t33-/m0/s1. The van der Waals surface area contributed by atoms with E-state index in [-0.39, 0.29) is 35.5 Å². The molecular formula is C37H38ClN3O6S. The van der Waals surface area contributed by atoms with E-state index in [1.807, 2.05) is 36.4 Å². The van der Waals surface area contributed by atoms with Gasteiger partial charge in [-0.2, -0.15) is 0 Å². The number of sulfonamides is 1. The second-order valence-corrected chi connectivity index (χ2v) is 14.2. The summed E-state index contributed by atoms with van der Waals surface area (Å²) in [6, 6.07) is 28.4. The fourth-order valence-electron chi connectivity index (χ4n) is 6.17. The Morgan fingerprint density at radius 1 is 0.833 bits per heavy atom. The van der Waals surface area contributed by atoms with Crippen molar-refractivity contribution >= 4 is 39.1 Å². The van der Waals surface area contributed by atoms with Crippen molar-refractivity contribution in [1.29, 1.82) is 0 Å². The first-order chi connectivity index (χ1) is 23.3. The van der Waals surface area contributed by atoms with Gasteiger partial charge in [0.2, 0.25) is 11.8 Å². The van der Waals surface area contributed by atoms with Gasteiger partial charge in [0.05, 0.1) is 10.6 Å². The van der Waals surface area contributed by atoms with Crippen LogP contribution in [0.5, 0.6) is 11.5 Å². The number of ether oxygens (including phenoxy) is 2. The zero-order valence-corrected chi connectivity index (χ0v) is 28.0. The highest BCUT2D eigenvalue weighted by Crippen LogP contribution is 2.36. The molecule has 1 aliphatic carbocycles. The SMILES string of the molecule is O=C(NC1CCCC1)[C@H](Cc1ccccc1)N(Cc1ccccc1Cl)C(=O)CN(c1ccc2c(c1)OCCO2)S(=O)(=O)c1ccccc1. The molecule has 1 N–H and O–H groups in total. The third-order valence-electron chi connectivity index (χ3n) is 8.69. The van der Waals surface area contributed by atoms with Gasteiger partial charge in [0, 0.05) is 30.1 Å². The molecule has 11 heteroatoms. The minimum Gasteiger partial charge on any atom is -0.486 e. The Morgan fingerprint density at radius 2 is 1.48 bits per heavy atom. The van der Waals surface area contributed by atoms with Crippen LogP contribution in [0.15, 0.2) is 108 Å². The van der Waals surface area contributed by atoms with Gasteiger partial charge in [-0.1, -0.05) is 91.2 Å². The molecule has 2 aliphatic rings. The first-order valence-electron chi connectivity index (χ1n) is 16.1. The predicted molar refractivity (Wildman–Crippen MR) is 185 cm³/mol. The van der Waals surface area contributed by atoms with E-state index in [1.54, 1.807) is 54.6 Å². The maximum atomic E-state index is 14.7. The number of nitrogens with one attached hydrogen (secondary N) is 1. The monoisotopic (exact) mass is 687 g/mol. The van der Waals surface area contributed by atoms with Gasteiger partial charge in [0.15, 0.2) is 11.5 Å². The molecule has 2 amide bonds. The van der Waals surface area contributed by atoms with Crippen molar-refractivity contribution in [1.82, 2.24) is 10.2 Å². The molecule has 9 nitrogen and oxygen atoms in total. The summed E-state index contributed by atoms with van der Waals surface area (Å²) in [7, 11) is -4.25. The van der Waals surface area contributed by atoms with Gasteiger partial charge in [0.1, 0.15) is 25.8 Å². The van der Waals surface area contributed by atoms with E-state index >= 15 is 0 Å². The lowest BCUT2D eigenvalue weighted by Crippen LogP contribution is -2.54. The molecule has 0 aromatic heterocycles. The van der Waals surface area contributed by atoms with E-state index in [9.17, 15) is 18.0 Å². The van der Waals surface area contributed by atoms with Crippen LogP contribution in [-0.2, 0) is 32.6 Å². The van der Waals surface area contributed by atoms with Crippen molar-refractivity contribution in [2.75, 3.05) is 24.1 Å². The number of benzene rings is 4. The topological polar surface area (TPSA) is 105 Å². The molecule has 0 spiro atoms.